The van der Waals surface area contributed by atoms with Crippen LogP contribution in [-0.2, 0) is 4.79 Å². The third kappa shape index (κ3) is 5.85. The van der Waals surface area contributed by atoms with E-state index in [0.29, 0.717) is 13.2 Å². The number of nitrogen functional groups attached to an aromatic ring is 1. The molecule has 25 heavy (non-hydrogen) atoms. The summed E-state index contributed by atoms with van der Waals surface area (Å²) in [5.74, 6) is 2.94. The van der Waals surface area contributed by atoms with Crippen LogP contribution in [0.1, 0.15) is 27.7 Å². The zero-order valence-corrected chi connectivity index (χ0v) is 15.3. The molecule has 0 bridgehead atoms. The number of aliphatic imine (C=N–C) groups is 1. The molecule has 0 radical (unpaired) electrons. The molecule has 1 aliphatic heterocycles. The molecule has 0 fully saturated rings. The minimum absolute atomic E-state index is 0.0289. The zero-order chi connectivity index (χ0) is 18.8. The number of amides is 1. The lowest BCUT2D eigenvalue weighted by Crippen LogP contribution is -2.39. The highest BCUT2D eigenvalue weighted by atomic mass is 16.2. The fraction of sp³-hybridized carbons (Fsp3) is 0.300. The zero-order valence-electron chi connectivity index (χ0n) is 15.3. The van der Waals surface area contributed by atoms with Crippen molar-refractivity contribution in [3.8, 4) is 12.3 Å². The van der Waals surface area contributed by atoms with Crippen molar-refractivity contribution in [2.75, 3.05) is 24.3 Å². The highest BCUT2D eigenvalue weighted by molar-refractivity contribution is 6.15. The first-order valence-corrected chi connectivity index (χ1v) is 8.13. The molecule has 0 atom stereocenters. The standard InChI is InChI=1S/C17H22N4O.C3H4/c1-4-21-16(22)10-9-15(12(2)3)17(21)20-11-19-14-7-5-13(18)6-8-14;1-3-2/h5-10,19H,4,11,18H2,1-3H3;1H,2H3/b20-17+;. The topological polar surface area (TPSA) is 70.7 Å². The van der Waals surface area contributed by atoms with Crippen LogP contribution in [0.3, 0.4) is 0 Å². The number of nitrogens with one attached hydrogen (secondary N) is 1. The third-order valence-electron chi connectivity index (χ3n) is 3.43. The lowest BCUT2D eigenvalue weighted by Gasteiger charge is -2.26. The molecular weight excluding hydrogens is 312 g/mol. The van der Waals surface area contributed by atoms with Gasteiger partial charge in [0.05, 0.1) is 0 Å². The van der Waals surface area contributed by atoms with Crippen molar-refractivity contribution in [3.05, 3.63) is 47.6 Å². The van der Waals surface area contributed by atoms with Crippen LogP contribution in [0.4, 0.5) is 11.4 Å². The van der Waals surface area contributed by atoms with Crippen LogP contribution in [0.5, 0.6) is 0 Å². The predicted octanol–water partition coefficient (Wildman–Crippen LogP) is 3.43. The van der Waals surface area contributed by atoms with Crippen molar-refractivity contribution >= 4 is 23.1 Å². The average Bonchev–Trinajstić information content (AvgIpc) is 2.57. The number of amidine groups is 1. The summed E-state index contributed by atoms with van der Waals surface area (Å²) < 4.78 is 0. The van der Waals surface area contributed by atoms with E-state index in [1.165, 1.54) is 0 Å². The molecule has 1 heterocycles. The Morgan fingerprint density at radius 2 is 1.88 bits per heavy atom. The van der Waals surface area contributed by atoms with Crippen molar-refractivity contribution < 1.29 is 4.79 Å². The fourth-order valence-electron chi connectivity index (χ4n) is 2.24. The van der Waals surface area contributed by atoms with Gasteiger partial charge < -0.3 is 11.1 Å². The molecule has 5 heteroatoms. The van der Waals surface area contributed by atoms with Crippen molar-refractivity contribution in [3.63, 3.8) is 0 Å². The molecule has 1 amide bonds. The molecule has 0 saturated carbocycles. The van der Waals surface area contributed by atoms with E-state index in [9.17, 15) is 4.79 Å². The van der Waals surface area contributed by atoms with E-state index < -0.39 is 0 Å². The molecule has 1 aromatic carbocycles. The number of hydrogen-bond acceptors (Lipinski definition) is 4. The fourth-order valence-corrected chi connectivity index (χ4v) is 2.24. The highest BCUT2D eigenvalue weighted by Crippen LogP contribution is 2.17. The summed E-state index contributed by atoms with van der Waals surface area (Å²) in [5, 5.41) is 3.21. The lowest BCUT2D eigenvalue weighted by atomic mass is 10.0. The average molecular weight is 338 g/mol. The number of anilines is 2. The number of allylic oxidation sites excluding steroid dienone is 1. The van der Waals surface area contributed by atoms with Gasteiger partial charge in [-0.15, -0.1) is 12.3 Å². The van der Waals surface area contributed by atoms with Gasteiger partial charge in [0.1, 0.15) is 12.5 Å². The maximum Gasteiger partial charge on any atom is 0.252 e. The summed E-state index contributed by atoms with van der Waals surface area (Å²) in [7, 11) is 0. The maximum atomic E-state index is 12.0. The SMILES string of the molecule is C#CC.CCN1C(=O)C=CC(=C(C)C)/C1=N\CNc1ccc(N)cc1. The van der Waals surface area contributed by atoms with Crippen LogP contribution in [0.2, 0.25) is 0 Å². The Morgan fingerprint density at radius 1 is 1.28 bits per heavy atom. The van der Waals surface area contributed by atoms with Crippen LogP contribution < -0.4 is 11.1 Å². The van der Waals surface area contributed by atoms with Crippen molar-refractivity contribution in [2.45, 2.75) is 27.7 Å². The van der Waals surface area contributed by atoms with Crippen molar-refractivity contribution in [1.29, 1.82) is 0 Å². The first-order valence-electron chi connectivity index (χ1n) is 8.13. The summed E-state index contributed by atoms with van der Waals surface area (Å²) >= 11 is 0. The first-order chi connectivity index (χ1) is 11.9. The Balaban J connectivity index is 0.000000970. The second-order valence-corrected chi connectivity index (χ2v) is 5.56. The van der Waals surface area contributed by atoms with Gasteiger partial charge in [-0.1, -0.05) is 5.57 Å². The Kier molecular flexibility index (Phi) is 8.01. The Hall–Kier alpha value is -3.00. The monoisotopic (exact) mass is 338 g/mol. The number of hydrogen-bond donors (Lipinski definition) is 2. The number of nitrogens with two attached hydrogens (primary N) is 1. The normalized spacial score (nSPS) is 14.7. The minimum atomic E-state index is -0.0289. The summed E-state index contributed by atoms with van der Waals surface area (Å²) in [5.41, 5.74) is 9.46. The van der Waals surface area contributed by atoms with E-state index in [2.05, 4.69) is 22.7 Å². The molecule has 0 unspecified atom stereocenters. The highest BCUT2D eigenvalue weighted by Gasteiger charge is 2.23. The first kappa shape index (κ1) is 20.0. The molecule has 1 aliphatic rings. The van der Waals surface area contributed by atoms with E-state index in [-0.39, 0.29) is 5.91 Å². The molecule has 0 spiro atoms. The van der Waals surface area contributed by atoms with Gasteiger partial charge in [0.2, 0.25) is 0 Å². The van der Waals surface area contributed by atoms with Gasteiger partial charge in [0, 0.05) is 29.6 Å². The molecule has 0 saturated heterocycles. The van der Waals surface area contributed by atoms with E-state index in [0.717, 1.165) is 28.4 Å². The Morgan fingerprint density at radius 3 is 2.40 bits per heavy atom. The van der Waals surface area contributed by atoms with Crippen LogP contribution >= 0.6 is 0 Å². The number of carbonyl (C=O) groups is 1. The Bertz CT molecular complexity index is 717. The summed E-state index contributed by atoms with van der Waals surface area (Å²) in [4.78, 5) is 18.2. The smallest absolute Gasteiger partial charge is 0.252 e. The molecule has 0 aromatic heterocycles. The van der Waals surface area contributed by atoms with E-state index in [4.69, 9.17) is 5.73 Å². The maximum absolute atomic E-state index is 12.0. The summed E-state index contributed by atoms with van der Waals surface area (Å²) in [6.07, 6.45) is 8.03. The third-order valence-corrected chi connectivity index (χ3v) is 3.43. The second-order valence-electron chi connectivity index (χ2n) is 5.56. The van der Waals surface area contributed by atoms with Gasteiger partial charge in [0.25, 0.3) is 5.91 Å². The van der Waals surface area contributed by atoms with Gasteiger partial charge in [-0.2, -0.15) is 0 Å². The molecule has 3 N–H and O–H groups in total. The summed E-state index contributed by atoms with van der Waals surface area (Å²) in [6.45, 7) is 8.63. The van der Waals surface area contributed by atoms with Crippen LogP contribution in [0, 0.1) is 12.3 Å². The van der Waals surface area contributed by atoms with Crippen LogP contribution in [-0.4, -0.2) is 29.9 Å². The van der Waals surface area contributed by atoms with E-state index in [1.54, 1.807) is 17.9 Å². The molecule has 1 aromatic rings. The van der Waals surface area contributed by atoms with Crippen molar-refractivity contribution in [1.82, 2.24) is 4.90 Å². The number of likely N-dealkylation sites (N-methyl/N-ethyl adjacent to an activating group) is 1. The quantitative estimate of drug-likeness (QED) is 0.653. The van der Waals surface area contributed by atoms with E-state index in [1.807, 2.05) is 51.1 Å². The van der Waals surface area contributed by atoms with Gasteiger partial charge in [-0.05, 0) is 58.0 Å². The van der Waals surface area contributed by atoms with Crippen LogP contribution in [0.25, 0.3) is 0 Å². The van der Waals surface area contributed by atoms with Gasteiger partial charge in [-0.3, -0.25) is 9.69 Å². The number of nitrogens with zero attached hydrogens (tertiary/aromatic N) is 2. The minimum Gasteiger partial charge on any atom is -0.399 e. The van der Waals surface area contributed by atoms with Gasteiger partial charge in [0.15, 0.2) is 0 Å². The number of carbonyl (C=O) groups excluding carboxylic acids is 1. The molecule has 0 aliphatic carbocycles. The van der Waals surface area contributed by atoms with Gasteiger partial charge in [-0.25, -0.2) is 4.99 Å². The largest absolute Gasteiger partial charge is 0.399 e. The van der Waals surface area contributed by atoms with Gasteiger partial charge >= 0.3 is 0 Å². The van der Waals surface area contributed by atoms with Crippen LogP contribution in [0.15, 0.2) is 52.6 Å². The Labute approximate surface area is 150 Å². The number of terminal acetylenes is 1. The number of benzene rings is 1. The molecule has 132 valence electrons. The van der Waals surface area contributed by atoms with E-state index >= 15 is 0 Å². The second kappa shape index (κ2) is 9.99. The molecule has 2 rings (SSSR count). The summed E-state index contributed by atoms with van der Waals surface area (Å²) in [6, 6.07) is 7.48. The molecule has 5 nitrogen and oxygen atoms in total. The number of rotatable bonds is 4. The predicted molar refractivity (Wildman–Crippen MR) is 106 cm³/mol. The van der Waals surface area contributed by atoms with Crippen molar-refractivity contribution in [2.24, 2.45) is 4.99 Å². The molecular formula is C20H26N4O. The lowest BCUT2D eigenvalue weighted by molar-refractivity contribution is -0.122.